The molecule has 0 radical (unpaired) electrons. The second kappa shape index (κ2) is 8.79. The van der Waals surface area contributed by atoms with Gasteiger partial charge in [-0.2, -0.15) is 0 Å². The second-order valence-corrected chi connectivity index (χ2v) is 8.19. The van der Waals surface area contributed by atoms with Crippen LogP contribution in [0.2, 0.25) is 0 Å². The molecule has 0 heterocycles. The summed E-state index contributed by atoms with van der Waals surface area (Å²) in [5.41, 5.74) is 0.607. The molecular formula is C19H22N2O5S. The number of hydrogen-bond donors (Lipinski definition) is 3. The summed E-state index contributed by atoms with van der Waals surface area (Å²) in [5.74, 6) is -1.63. The molecule has 0 fully saturated rings. The molecule has 3 N–H and O–H groups in total. The Labute approximate surface area is 158 Å². The van der Waals surface area contributed by atoms with Gasteiger partial charge in [0.1, 0.15) is 0 Å². The van der Waals surface area contributed by atoms with Gasteiger partial charge in [0.05, 0.1) is 4.90 Å². The van der Waals surface area contributed by atoms with Crippen molar-refractivity contribution in [3.63, 3.8) is 0 Å². The third-order valence-corrected chi connectivity index (χ3v) is 5.20. The summed E-state index contributed by atoms with van der Waals surface area (Å²) in [4.78, 5) is 23.9. The fourth-order valence-corrected chi connectivity index (χ4v) is 3.51. The van der Waals surface area contributed by atoms with Gasteiger partial charge in [0, 0.05) is 12.1 Å². The maximum absolute atomic E-state index is 12.4. The lowest BCUT2D eigenvalue weighted by Gasteiger charge is -2.15. The van der Waals surface area contributed by atoms with Crippen LogP contribution in [-0.2, 0) is 14.8 Å². The lowest BCUT2D eigenvalue weighted by molar-refractivity contribution is -0.139. The topological polar surface area (TPSA) is 113 Å². The van der Waals surface area contributed by atoms with E-state index >= 15 is 0 Å². The van der Waals surface area contributed by atoms with Crippen molar-refractivity contribution in [3.05, 3.63) is 65.7 Å². The Kier molecular flexibility index (Phi) is 6.70. The summed E-state index contributed by atoms with van der Waals surface area (Å²) in [7, 11) is -3.65. The molecule has 0 aromatic heterocycles. The number of carboxylic acid groups (broad SMARTS) is 1. The Hall–Kier alpha value is -2.71. The monoisotopic (exact) mass is 390 g/mol. The summed E-state index contributed by atoms with van der Waals surface area (Å²) >= 11 is 0. The van der Waals surface area contributed by atoms with Crippen LogP contribution in [0.5, 0.6) is 0 Å². The first-order chi connectivity index (χ1) is 12.7. The van der Waals surface area contributed by atoms with Crippen molar-refractivity contribution in [3.8, 4) is 0 Å². The first kappa shape index (κ1) is 20.6. The van der Waals surface area contributed by atoms with Gasteiger partial charge >= 0.3 is 5.97 Å². The number of rotatable bonds is 8. The Morgan fingerprint density at radius 2 is 1.59 bits per heavy atom. The number of sulfonamides is 1. The average Bonchev–Trinajstić information content (AvgIpc) is 2.65. The number of carboxylic acids is 1. The van der Waals surface area contributed by atoms with Gasteiger partial charge in [0.15, 0.2) is 6.04 Å². The number of carbonyl (C=O) groups is 2. The second-order valence-electron chi connectivity index (χ2n) is 6.43. The molecule has 0 unspecified atom stereocenters. The molecule has 2 rings (SSSR count). The van der Waals surface area contributed by atoms with Gasteiger partial charge in [0.25, 0.3) is 5.91 Å². The summed E-state index contributed by atoms with van der Waals surface area (Å²) in [5, 5.41) is 11.8. The van der Waals surface area contributed by atoms with Crippen LogP contribution in [0.15, 0.2) is 59.5 Å². The lowest BCUT2D eigenvalue weighted by Crippen LogP contribution is -2.33. The Morgan fingerprint density at radius 1 is 1.00 bits per heavy atom. The number of aliphatic carboxylic acids is 1. The highest BCUT2D eigenvalue weighted by Gasteiger charge is 2.23. The maximum atomic E-state index is 12.4. The molecule has 7 nitrogen and oxygen atoms in total. The van der Waals surface area contributed by atoms with E-state index in [1.54, 1.807) is 30.3 Å². The first-order valence-corrected chi connectivity index (χ1v) is 9.87. The van der Waals surface area contributed by atoms with Crippen molar-refractivity contribution in [1.29, 1.82) is 0 Å². The third kappa shape index (κ3) is 5.63. The molecule has 0 spiro atoms. The van der Waals surface area contributed by atoms with Gasteiger partial charge in [0.2, 0.25) is 10.0 Å². The number of hydrogen-bond acceptors (Lipinski definition) is 4. The predicted octanol–water partition coefficient (Wildman–Crippen LogP) is 2.18. The van der Waals surface area contributed by atoms with Gasteiger partial charge in [-0.15, -0.1) is 0 Å². The van der Waals surface area contributed by atoms with E-state index in [0.29, 0.717) is 12.1 Å². The zero-order valence-corrected chi connectivity index (χ0v) is 15.9. The van der Waals surface area contributed by atoms with Gasteiger partial charge < -0.3 is 10.4 Å². The summed E-state index contributed by atoms with van der Waals surface area (Å²) < 4.78 is 26.8. The van der Waals surface area contributed by atoms with Gasteiger partial charge in [-0.3, -0.25) is 4.79 Å². The van der Waals surface area contributed by atoms with Crippen LogP contribution in [0.25, 0.3) is 0 Å². The minimum atomic E-state index is -3.65. The Balaban J connectivity index is 2.14. The lowest BCUT2D eigenvalue weighted by atomic mass is 10.1. The molecule has 0 aliphatic heterocycles. The van der Waals surface area contributed by atoms with E-state index in [9.17, 15) is 23.1 Å². The highest BCUT2D eigenvalue weighted by molar-refractivity contribution is 7.89. The van der Waals surface area contributed by atoms with Crippen molar-refractivity contribution in [2.45, 2.75) is 24.8 Å². The van der Waals surface area contributed by atoms with E-state index in [2.05, 4.69) is 10.0 Å². The van der Waals surface area contributed by atoms with Crippen LogP contribution >= 0.6 is 0 Å². The van der Waals surface area contributed by atoms with Crippen molar-refractivity contribution < 1.29 is 23.1 Å². The fourth-order valence-electron chi connectivity index (χ4n) is 2.29. The number of carbonyl (C=O) groups excluding carboxylic acids is 1. The molecule has 2 aromatic rings. The summed E-state index contributed by atoms with van der Waals surface area (Å²) in [6, 6.07) is 12.5. The molecule has 0 saturated carbocycles. The van der Waals surface area contributed by atoms with Crippen molar-refractivity contribution >= 4 is 21.9 Å². The minimum Gasteiger partial charge on any atom is -0.479 e. The summed E-state index contributed by atoms with van der Waals surface area (Å²) in [6.07, 6.45) is 0. The first-order valence-electron chi connectivity index (χ1n) is 8.39. The molecule has 144 valence electrons. The largest absolute Gasteiger partial charge is 0.479 e. The van der Waals surface area contributed by atoms with E-state index in [0.717, 1.165) is 0 Å². The average molecular weight is 390 g/mol. The summed E-state index contributed by atoms with van der Waals surface area (Å²) in [6.45, 7) is 4.09. The molecule has 8 heteroatoms. The van der Waals surface area contributed by atoms with Gasteiger partial charge in [-0.05, 0) is 35.7 Å². The number of nitrogens with one attached hydrogen (secondary N) is 2. The SMILES string of the molecule is CC(C)CNS(=O)(=O)c1ccc(C(=O)N[C@@H](C(=O)O)c2ccccc2)cc1. The molecule has 1 atom stereocenters. The van der Waals surface area contributed by atoms with E-state index in [1.807, 2.05) is 13.8 Å². The van der Waals surface area contributed by atoms with Crippen molar-refractivity contribution in [1.82, 2.24) is 10.0 Å². The van der Waals surface area contributed by atoms with Crippen molar-refractivity contribution in [2.75, 3.05) is 6.54 Å². The van der Waals surface area contributed by atoms with Gasteiger partial charge in [-0.1, -0.05) is 44.2 Å². The van der Waals surface area contributed by atoms with E-state index in [1.165, 1.54) is 24.3 Å². The quantitative estimate of drug-likeness (QED) is 0.639. The van der Waals surface area contributed by atoms with Crippen LogP contribution in [-0.4, -0.2) is 31.9 Å². The molecule has 0 aliphatic rings. The van der Waals surface area contributed by atoms with Crippen LogP contribution in [0.1, 0.15) is 35.8 Å². The number of benzene rings is 2. The van der Waals surface area contributed by atoms with E-state index in [-0.39, 0.29) is 16.4 Å². The van der Waals surface area contributed by atoms with Crippen LogP contribution in [0.3, 0.4) is 0 Å². The smallest absolute Gasteiger partial charge is 0.330 e. The standard InChI is InChI=1S/C19H22N2O5S/c1-13(2)12-20-27(25,26)16-10-8-15(9-11-16)18(22)21-17(19(23)24)14-6-4-3-5-7-14/h3-11,13,17,20H,12H2,1-2H3,(H,21,22)(H,23,24)/t17-/m1/s1. The van der Waals surface area contributed by atoms with E-state index in [4.69, 9.17) is 0 Å². The van der Waals surface area contributed by atoms with Gasteiger partial charge in [-0.25, -0.2) is 17.9 Å². The predicted molar refractivity (Wildman–Crippen MR) is 101 cm³/mol. The fraction of sp³-hybridized carbons (Fsp3) is 0.263. The van der Waals surface area contributed by atoms with Crippen molar-refractivity contribution in [2.24, 2.45) is 5.92 Å². The van der Waals surface area contributed by atoms with Crippen LogP contribution in [0.4, 0.5) is 0 Å². The minimum absolute atomic E-state index is 0.0394. The Morgan fingerprint density at radius 3 is 2.11 bits per heavy atom. The molecule has 27 heavy (non-hydrogen) atoms. The molecule has 0 saturated heterocycles. The Bertz CT molecular complexity index is 893. The zero-order chi connectivity index (χ0) is 20.0. The number of amides is 1. The van der Waals surface area contributed by atoms with Crippen LogP contribution < -0.4 is 10.0 Å². The molecule has 0 bridgehead atoms. The molecule has 2 aromatic carbocycles. The molecule has 1 amide bonds. The molecular weight excluding hydrogens is 368 g/mol. The zero-order valence-electron chi connectivity index (χ0n) is 15.0. The normalized spacial score (nSPS) is 12.6. The van der Waals surface area contributed by atoms with E-state index < -0.39 is 27.9 Å². The maximum Gasteiger partial charge on any atom is 0.330 e. The van der Waals surface area contributed by atoms with Crippen LogP contribution in [0, 0.1) is 5.92 Å². The highest BCUT2D eigenvalue weighted by Crippen LogP contribution is 2.15. The third-order valence-electron chi connectivity index (χ3n) is 3.76. The molecule has 0 aliphatic carbocycles. The highest BCUT2D eigenvalue weighted by atomic mass is 32.2.